The van der Waals surface area contributed by atoms with Crippen LogP contribution in [-0.2, 0) is 14.3 Å². The molecule has 0 aliphatic heterocycles. The Labute approximate surface area is 112 Å². The first-order valence-corrected chi connectivity index (χ1v) is 6.44. The lowest BCUT2D eigenvalue weighted by molar-refractivity contribution is -0.142. The number of nitrogens with zero attached hydrogens (tertiary/aromatic N) is 1. The van der Waals surface area contributed by atoms with Crippen LogP contribution in [-0.4, -0.2) is 55.6 Å². The Morgan fingerprint density at radius 1 is 1.26 bits per heavy atom. The maximum Gasteiger partial charge on any atom is 0.321 e. The predicted octanol–water partition coefficient (Wildman–Crippen LogP) is -0.140. The molecule has 1 aliphatic rings. The maximum atomic E-state index is 11.6. The molecular formula is C12H21N3O4. The van der Waals surface area contributed by atoms with Gasteiger partial charge < -0.3 is 10.1 Å². The van der Waals surface area contributed by atoms with Gasteiger partial charge in [-0.1, -0.05) is 6.92 Å². The minimum atomic E-state index is -0.470. The summed E-state index contributed by atoms with van der Waals surface area (Å²) in [5.41, 5.74) is 0. The van der Waals surface area contributed by atoms with Gasteiger partial charge in [-0.3, -0.25) is 19.8 Å². The van der Waals surface area contributed by atoms with E-state index in [1.54, 1.807) is 4.90 Å². The van der Waals surface area contributed by atoms with Gasteiger partial charge in [-0.15, -0.1) is 0 Å². The Morgan fingerprint density at radius 2 is 1.95 bits per heavy atom. The molecule has 108 valence electrons. The number of rotatable bonds is 7. The molecule has 0 bridgehead atoms. The highest BCUT2D eigenvalue weighted by Gasteiger charge is 2.24. The van der Waals surface area contributed by atoms with Crippen molar-refractivity contribution in [1.29, 1.82) is 0 Å². The minimum Gasteiger partial charge on any atom is -0.468 e. The first-order valence-electron chi connectivity index (χ1n) is 6.44. The van der Waals surface area contributed by atoms with Crippen molar-refractivity contribution in [3.63, 3.8) is 0 Å². The fourth-order valence-corrected chi connectivity index (χ4v) is 1.60. The number of carbonyl (C=O) groups is 3. The molecule has 0 atom stereocenters. The average Bonchev–Trinajstić information content (AvgIpc) is 3.12. The van der Waals surface area contributed by atoms with Gasteiger partial charge in [0.05, 0.1) is 20.2 Å². The number of urea groups is 1. The van der Waals surface area contributed by atoms with Gasteiger partial charge in [-0.25, -0.2) is 4.79 Å². The monoisotopic (exact) mass is 271 g/mol. The normalized spacial score (nSPS) is 14.1. The van der Waals surface area contributed by atoms with Gasteiger partial charge in [0, 0.05) is 6.04 Å². The van der Waals surface area contributed by atoms with Crippen molar-refractivity contribution in [2.75, 3.05) is 26.7 Å². The molecule has 1 rings (SSSR count). The van der Waals surface area contributed by atoms with Crippen LogP contribution in [0, 0.1) is 0 Å². The fraction of sp³-hybridized carbons (Fsp3) is 0.750. The maximum absolute atomic E-state index is 11.6. The molecule has 7 heteroatoms. The highest BCUT2D eigenvalue weighted by atomic mass is 16.5. The van der Waals surface area contributed by atoms with Crippen molar-refractivity contribution in [2.24, 2.45) is 0 Å². The second kappa shape index (κ2) is 7.73. The molecule has 1 fully saturated rings. The SMILES string of the molecule is CCCN(CC(=O)NC(=O)NC1CC1)CC(=O)OC. The molecule has 0 aromatic heterocycles. The van der Waals surface area contributed by atoms with Crippen molar-refractivity contribution >= 4 is 17.9 Å². The molecule has 0 unspecified atom stereocenters. The summed E-state index contributed by atoms with van der Waals surface area (Å²) >= 11 is 0. The van der Waals surface area contributed by atoms with Crippen molar-refractivity contribution in [1.82, 2.24) is 15.5 Å². The van der Waals surface area contributed by atoms with E-state index in [2.05, 4.69) is 15.4 Å². The number of hydrogen-bond donors (Lipinski definition) is 2. The topological polar surface area (TPSA) is 87.7 Å². The number of imide groups is 1. The molecular weight excluding hydrogens is 250 g/mol. The fourth-order valence-electron chi connectivity index (χ4n) is 1.60. The zero-order valence-electron chi connectivity index (χ0n) is 11.4. The Morgan fingerprint density at radius 3 is 2.47 bits per heavy atom. The van der Waals surface area contributed by atoms with Crippen LogP contribution >= 0.6 is 0 Å². The number of ether oxygens (including phenoxy) is 1. The van der Waals surface area contributed by atoms with E-state index in [1.807, 2.05) is 6.92 Å². The lowest BCUT2D eigenvalue weighted by atomic mass is 10.4. The highest BCUT2D eigenvalue weighted by Crippen LogP contribution is 2.18. The summed E-state index contributed by atoms with van der Waals surface area (Å²) in [6.45, 7) is 2.58. The standard InChI is InChI=1S/C12H21N3O4/c1-3-6-15(8-11(17)19-2)7-10(16)14-12(18)13-9-4-5-9/h9H,3-8H2,1-2H3,(H2,13,14,16,18). The Hall–Kier alpha value is -1.63. The van der Waals surface area contributed by atoms with Crippen molar-refractivity contribution in [3.05, 3.63) is 0 Å². The van der Waals surface area contributed by atoms with Crippen LogP contribution in [0.5, 0.6) is 0 Å². The lowest BCUT2D eigenvalue weighted by Crippen LogP contribution is -2.46. The van der Waals surface area contributed by atoms with Gasteiger partial charge >= 0.3 is 12.0 Å². The van der Waals surface area contributed by atoms with Crippen molar-refractivity contribution in [2.45, 2.75) is 32.2 Å². The van der Waals surface area contributed by atoms with Crippen LogP contribution in [0.4, 0.5) is 4.79 Å². The van der Waals surface area contributed by atoms with Crippen molar-refractivity contribution in [3.8, 4) is 0 Å². The summed E-state index contributed by atoms with van der Waals surface area (Å²) in [5.74, 6) is -0.820. The van der Waals surface area contributed by atoms with E-state index in [9.17, 15) is 14.4 Å². The molecule has 0 saturated heterocycles. The van der Waals surface area contributed by atoms with E-state index in [0.29, 0.717) is 6.54 Å². The third-order valence-corrected chi connectivity index (χ3v) is 2.65. The van der Waals surface area contributed by atoms with Crippen LogP contribution in [0.3, 0.4) is 0 Å². The van der Waals surface area contributed by atoms with E-state index in [4.69, 9.17) is 0 Å². The van der Waals surface area contributed by atoms with Gasteiger partial charge in [0.25, 0.3) is 0 Å². The first kappa shape index (κ1) is 15.4. The second-order valence-corrected chi connectivity index (χ2v) is 4.58. The van der Waals surface area contributed by atoms with Gasteiger partial charge in [0.2, 0.25) is 5.91 Å². The molecule has 7 nitrogen and oxygen atoms in total. The predicted molar refractivity (Wildman–Crippen MR) is 68.4 cm³/mol. The number of methoxy groups -OCH3 is 1. The van der Waals surface area contributed by atoms with Crippen LogP contribution in [0.2, 0.25) is 0 Å². The summed E-state index contributed by atoms with van der Waals surface area (Å²) in [4.78, 5) is 35.8. The largest absolute Gasteiger partial charge is 0.468 e. The zero-order chi connectivity index (χ0) is 14.3. The van der Waals surface area contributed by atoms with E-state index in [0.717, 1.165) is 19.3 Å². The number of carbonyl (C=O) groups excluding carboxylic acids is 3. The molecule has 0 radical (unpaired) electrons. The molecule has 19 heavy (non-hydrogen) atoms. The zero-order valence-corrected chi connectivity index (χ0v) is 11.4. The Balaban J connectivity index is 2.32. The van der Waals surface area contributed by atoms with E-state index in [-0.39, 0.29) is 19.1 Å². The highest BCUT2D eigenvalue weighted by molar-refractivity contribution is 5.95. The second-order valence-electron chi connectivity index (χ2n) is 4.58. The van der Waals surface area contributed by atoms with E-state index >= 15 is 0 Å². The van der Waals surface area contributed by atoms with E-state index in [1.165, 1.54) is 7.11 Å². The van der Waals surface area contributed by atoms with Gasteiger partial charge in [-0.2, -0.15) is 0 Å². The smallest absolute Gasteiger partial charge is 0.321 e. The Bertz CT molecular complexity index is 342. The molecule has 0 aromatic carbocycles. The number of hydrogen-bond acceptors (Lipinski definition) is 5. The number of esters is 1. The summed E-state index contributed by atoms with van der Waals surface area (Å²) in [6, 6.07) is -0.267. The number of amides is 3. The molecule has 0 aromatic rings. The minimum absolute atomic E-state index is 0.00102. The van der Waals surface area contributed by atoms with Gasteiger partial charge in [0.15, 0.2) is 0 Å². The summed E-state index contributed by atoms with van der Waals surface area (Å²) < 4.78 is 4.56. The summed E-state index contributed by atoms with van der Waals surface area (Å²) in [6.07, 6.45) is 2.73. The lowest BCUT2D eigenvalue weighted by Gasteiger charge is -2.19. The van der Waals surface area contributed by atoms with Crippen LogP contribution < -0.4 is 10.6 Å². The number of nitrogens with one attached hydrogen (secondary N) is 2. The average molecular weight is 271 g/mol. The third kappa shape index (κ3) is 6.76. The Kier molecular flexibility index (Phi) is 6.27. The van der Waals surface area contributed by atoms with Crippen LogP contribution in [0.25, 0.3) is 0 Å². The molecule has 2 N–H and O–H groups in total. The van der Waals surface area contributed by atoms with Crippen LogP contribution in [0.15, 0.2) is 0 Å². The van der Waals surface area contributed by atoms with Gasteiger partial charge in [0.1, 0.15) is 0 Å². The quantitative estimate of drug-likeness (QED) is 0.629. The third-order valence-electron chi connectivity index (χ3n) is 2.65. The molecule has 1 saturated carbocycles. The molecule has 0 spiro atoms. The van der Waals surface area contributed by atoms with Crippen LogP contribution in [0.1, 0.15) is 26.2 Å². The molecule has 1 aliphatic carbocycles. The summed E-state index contributed by atoms with van der Waals surface area (Å²) in [5, 5.41) is 4.91. The molecule has 3 amide bonds. The molecule has 0 heterocycles. The summed E-state index contributed by atoms with van der Waals surface area (Å²) in [7, 11) is 1.30. The van der Waals surface area contributed by atoms with E-state index < -0.39 is 17.9 Å². The first-order chi connectivity index (χ1) is 9.05. The van der Waals surface area contributed by atoms with Crippen molar-refractivity contribution < 1.29 is 19.1 Å². The van der Waals surface area contributed by atoms with Gasteiger partial charge in [-0.05, 0) is 25.8 Å².